The summed E-state index contributed by atoms with van der Waals surface area (Å²) in [5, 5.41) is 1.39. The monoisotopic (exact) mass is 429 g/mol. The average Bonchev–Trinajstić information content (AvgIpc) is 3.09. The molecule has 1 N–H and O–H groups in total. The summed E-state index contributed by atoms with van der Waals surface area (Å²) >= 11 is 12.2. The Balaban J connectivity index is 1.67. The molecule has 0 unspecified atom stereocenters. The molecular weight excluding hydrogens is 418 g/mol. The Kier molecular flexibility index (Phi) is 4.70. The van der Waals surface area contributed by atoms with Gasteiger partial charge in [0, 0.05) is 23.2 Å². The van der Waals surface area contributed by atoms with Gasteiger partial charge < -0.3 is 4.90 Å². The number of halogens is 1. The predicted octanol–water partition coefficient (Wildman–Crippen LogP) is 3.23. The number of fused-ring (bicyclic) bond motifs is 1. The third-order valence-corrected chi connectivity index (χ3v) is 5.96. The van der Waals surface area contributed by atoms with E-state index in [1.807, 2.05) is 12.1 Å². The van der Waals surface area contributed by atoms with Crippen molar-refractivity contribution in [2.24, 2.45) is 0 Å². The molecule has 1 saturated heterocycles. The number of amides is 3. The summed E-state index contributed by atoms with van der Waals surface area (Å²) in [5.41, 5.74) is 4.45. The third-order valence-electron chi connectivity index (χ3n) is 4.35. The number of carbonyl (C=O) groups is 3. The van der Waals surface area contributed by atoms with E-state index in [2.05, 4.69) is 5.43 Å². The van der Waals surface area contributed by atoms with Gasteiger partial charge in [0.05, 0.1) is 16.2 Å². The van der Waals surface area contributed by atoms with Crippen LogP contribution in [0.3, 0.4) is 0 Å². The van der Waals surface area contributed by atoms with Gasteiger partial charge in [-0.15, -0.1) is 0 Å². The predicted molar refractivity (Wildman–Crippen MR) is 113 cm³/mol. The standard InChI is InChI=1S/C19H12ClN3O3S2/c1-22-13-8-3-2-7-12(13)14(17(22)25)15-18(26)23(19(27)28-15)21-16(24)10-5-4-6-11(20)9-10/h2-9H,1H3,(H,21,24)/b15-14-. The molecule has 9 heteroatoms. The molecule has 2 aliphatic heterocycles. The molecule has 0 radical (unpaired) electrons. The summed E-state index contributed by atoms with van der Waals surface area (Å²) in [6, 6.07) is 13.5. The summed E-state index contributed by atoms with van der Waals surface area (Å²) in [6.45, 7) is 0. The number of thioether (sulfide) groups is 1. The summed E-state index contributed by atoms with van der Waals surface area (Å²) in [4.78, 5) is 39.8. The molecule has 2 aliphatic rings. The van der Waals surface area contributed by atoms with Gasteiger partial charge in [0.1, 0.15) is 0 Å². The Bertz CT molecular complexity index is 1100. The number of benzene rings is 2. The largest absolute Gasteiger partial charge is 0.311 e. The molecule has 0 atom stereocenters. The maximum atomic E-state index is 12.9. The number of rotatable bonds is 2. The first kappa shape index (κ1) is 18.7. The molecule has 2 aromatic carbocycles. The van der Waals surface area contributed by atoms with Crippen LogP contribution in [0.25, 0.3) is 5.57 Å². The van der Waals surface area contributed by atoms with Gasteiger partial charge in [-0.05, 0) is 36.5 Å². The van der Waals surface area contributed by atoms with Crippen LogP contribution in [0.4, 0.5) is 5.69 Å². The topological polar surface area (TPSA) is 69.7 Å². The van der Waals surface area contributed by atoms with Crippen LogP contribution in [0.1, 0.15) is 15.9 Å². The number of hydrogen-bond acceptors (Lipinski definition) is 5. The number of anilines is 1. The fourth-order valence-corrected chi connectivity index (χ4v) is 4.44. The zero-order chi connectivity index (χ0) is 20.0. The number of likely N-dealkylation sites (N-methyl/N-ethyl adjacent to an activating group) is 1. The normalized spacial score (nSPS) is 18.7. The Morgan fingerprint density at radius 1 is 1.11 bits per heavy atom. The minimum atomic E-state index is -0.543. The van der Waals surface area contributed by atoms with Crippen molar-refractivity contribution in [3.63, 3.8) is 0 Å². The van der Waals surface area contributed by atoms with Crippen LogP contribution in [0.15, 0.2) is 53.4 Å². The molecule has 28 heavy (non-hydrogen) atoms. The van der Waals surface area contributed by atoms with Gasteiger partial charge in [0.2, 0.25) is 0 Å². The van der Waals surface area contributed by atoms with Crippen molar-refractivity contribution in [1.82, 2.24) is 10.4 Å². The highest BCUT2D eigenvalue weighted by atomic mass is 35.5. The summed E-state index contributed by atoms with van der Waals surface area (Å²) < 4.78 is 0.141. The van der Waals surface area contributed by atoms with E-state index in [1.165, 1.54) is 11.0 Å². The molecule has 6 nitrogen and oxygen atoms in total. The minimum Gasteiger partial charge on any atom is -0.311 e. The summed E-state index contributed by atoms with van der Waals surface area (Å²) in [6.07, 6.45) is 0. The van der Waals surface area contributed by atoms with Crippen LogP contribution < -0.4 is 10.3 Å². The second kappa shape index (κ2) is 7.05. The molecule has 0 spiro atoms. The number of thiocarbonyl (C=S) groups is 1. The van der Waals surface area contributed by atoms with Gasteiger partial charge in [0.15, 0.2) is 4.32 Å². The molecule has 140 valence electrons. The Morgan fingerprint density at radius 3 is 2.61 bits per heavy atom. The van der Waals surface area contributed by atoms with E-state index >= 15 is 0 Å². The SMILES string of the molecule is CN1C(=O)/C(=C2\SC(=S)N(NC(=O)c3cccc(Cl)c3)C2=O)c2ccccc21. The van der Waals surface area contributed by atoms with Gasteiger partial charge in [-0.2, -0.15) is 5.01 Å². The third kappa shape index (κ3) is 2.99. The Hall–Kier alpha value is -2.68. The van der Waals surface area contributed by atoms with Crippen LogP contribution in [0, 0.1) is 0 Å². The molecule has 3 amide bonds. The number of hydrogen-bond donors (Lipinski definition) is 1. The van der Waals surface area contributed by atoms with Crippen LogP contribution in [0.2, 0.25) is 5.02 Å². The van der Waals surface area contributed by atoms with Gasteiger partial charge in [-0.1, -0.05) is 47.6 Å². The van der Waals surface area contributed by atoms with Crippen molar-refractivity contribution in [3.8, 4) is 0 Å². The van der Waals surface area contributed by atoms with Crippen LogP contribution in [0.5, 0.6) is 0 Å². The number of carbonyl (C=O) groups excluding carboxylic acids is 3. The van der Waals surface area contributed by atoms with Crippen molar-refractivity contribution in [3.05, 3.63) is 69.6 Å². The van der Waals surface area contributed by atoms with E-state index in [0.717, 1.165) is 22.5 Å². The van der Waals surface area contributed by atoms with E-state index in [0.29, 0.717) is 10.6 Å². The number of nitrogens with one attached hydrogen (secondary N) is 1. The summed E-state index contributed by atoms with van der Waals surface area (Å²) in [7, 11) is 1.65. The quantitative estimate of drug-likeness (QED) is 0.586. The lowest BCUT2D eigenvalue weighted by Gasteiger charge is -2.15. The summed E-state index contributed by atoms with van der Waals surface area (Å²) in [5.74, 6) is -1.36. The van der Waals surface area contributed by atoms with Crippen molar-refractivity contribution >= 4 is 68.9 Å². The highest BCUT2D eigenvalue weighted by Crippen LogP contribution is 2.43. The number of para-hydroxylation sites is 1. The van der Waals surface area contributed by atoms with Gasteiger partial charge >= 0.3 is 0 Å². The smallest absolute Gasteiger partial charge is 0.286 e. The fourth-order valence-electron chi connectivity index (χ4n) is 3.00. The molecule has 4 rings (SSSR count). The first-order valence-corrected chi connectivity index (χ1v) is 9.73. The van der Waals surface area contributed by atoms with E-state index in [9.17, 15) is 14.4 Å². The highest BCUT2D eigenvalue weighted by Gasteiger charge is 2.41. The maximum absolute atomic E-state index is 12.9. The first-order chi connectivity index (χ1) is 13.4. The lowest BCUT2D eigenvalue weighted by molar-refractivity contribution is -0.124. The van der Waals surface area contributed by atoms with E-state index in [-0.39, 0.29) is 26.3 Å². The van der Waals surface area contributed by atoms with Crippen molar-refractivity contribution in [2.45, 2.75) is 0 Å². The Morgan fingerprint density at radius 2 is 1.86 bits per heavy atom. The molecule has 2 heterocycles. The van der Waals surface area contributed by atoms with Crippen LogP contribution >= 0.6 is 35.6 Å². The van der Waals surface area contributed by atoms with E-state index in [4.69, 9.17) is 23.8 Å². The minimum absolute atomic E-state index is 0.141. The second-order valence-electron chi connectivity index (χ2n) is 6.05. The first-order valence-electron chi connectivity index (χ1n) is 8.13. The molecule has 0 bridgehead atoms. The van der Waals surface area contributed by atoms with E-state index < -0.39 is 11.8 Å². The molecule has 2 aromatic rings. The van der Waals surface area contributed by atoms with Gasteiger partial charge in [-0.3, -0.25) is 19.8 Å². The lowest BCUT2D eigenvalue weighted by Crippen LogP contribution is -2.45. The highest BCUT2D eigenvalue weighted by molar-refractivity contribution is 8.26. The zero-order valence-electron chi connectivity index (χ0n) is 14.4. The molecule has 1 fully saturated rings. The number of hydrazine groups is 1. The maximum Gasteiger partial charge on any atom is 0.286 e. The van der Waals surface area contributed by atoms with Crippen molar-refractivity contribution < 1.29 is 14.4 Å². The van der Waals surface area contributed by atoms with Gasteiger partial charge in [0.25, 0.3) is 17.7 Å². The molecule has 0 aromatic heterocycles. The van der Waals surface area contributed by atoms with Crippen LogP contribution in [-0.4, -0.2) is 34.1 Å². The zero-order valence-corrected chi connectivity index (χ0v) is 16.8. The fraction of sp³-hybridized carbons (Fsp3) is 0.0526. The average molecular weight is 430 g/mol. The second-order valence-corrected chi connectivity index (χ2v) is 8.13. The van der Waals surface area contributed by atoms with E-state index in [1.54, 1.807) is 37.4 Å². The number of nitrogens with zero attached hydrogens (tertiary/aromatic N) is 2. The van der Waals surface area contributed by atoms with Gasteiger partial charge in [-0.25, -0.2) is 0 Å². The van der Waals surface area contributed by atoms with Crippen LogP contribution in [-0.2, 0) is 9.59 Å². The molecular formula is C19H12ClN3O3S2. The Labute approximate surface area is 175 Å². The molecule has 0 aliphatic carbocycles. The molecule has 0 saturated carbocycles. The van der Waals surface area contributed by atoms with Crippen molar-refractivity contribution in [1.29, 1.82) is 0 Å². The van der Waals surface area contributed by atoms with Crippen molar-refractivity contribution in [2.75, 3.05) is 11.9 Å². The lowest BCUT2D eigenvalue weighted by atomic mass is 10.1.